The molecular formula is C25H26Cl2N2O3. The van der Waals surface area contributed by atoms with Crippen LogP contribution in [0, 0.1) is 0 Å². The van der Waals surface area contributed by atoms with Gasteiger partial charge < -0.3 is 15.0 Å². The quantitative estimate of drug-likeness (QED) is 0.610. The van der Waals surface area contributed by atoms with Crippen molar-refractivity contribution in [2.75, 3.05) is 13.1 Å². The minimum absolute atomic E-state index is 0.0247. The minimum Gasteiger partial charge on any atom is -0.482 e. The van der Waals surface area contributed by atoms with Gasteiger partial charge in [0.25, 0.3) is 5.91 Å². The van der Waals surface area contributed by atoms with Gasteiger partial charge in [-0.25, -0.2) is 0 Å². The molecule has 2 unspecified atom stereocenters. The summed E-state index contributed by atoms with van der Waals surface area (Å²) in [5.41, 5.74) is 1.89. The van der Waals surface area contributed by atoms with Gasteiger partial charge in [0, 0.05) is 16.6 Å². The maximum absolute atomic E-state index is 13.2. The van der Waals surface area contributed by atoms with Crippen molar-refractivity contribution < 1.29 is 14.3 Å². The molecule has 2 fully saturated rings. The van der Waals surface area contributed by atoms with Crippen LogP contribution in [0.1, 0.15) is 36.8 Å². The van der Waals surface area contributed by atoms with Gasteiger partial charge in [0.15, 0.2) is 5.76 Å². The van der Waals surface area contributed by atoms with Crippen molar-refractivity contribution in [2.45, 2.75) is 44.2 Å². The zero-order valence-electron chi connectivity index (χ0n) is 17.7. The molecule has 2 amide bonds. The van der Waals surface area contributed by atoms with E-state index in [1.54, 1.807) is 23.1 Å². The lowest BCUT2D eigenvalue weighted by Gasteiger charge is -2.44. The lowest BCUT2D eigenvalue weighted by atomic mass is 9.89. The molecule has 2 aromatic rings. The number of carbonyl (C=O) groups excluding carboxylic acids is 2. The second-order valence-corrected chi connectivity index (χ2v) is 9.10. The third-order valence-electron chi connectivity index (χ3n) is 5.93. The van der Waals surface area contributed by atoms with E-state index in [1.807, 2.05) is 36.4 Å². The summed E-state index contributed by atoms with van der Waals surface area (Å²) in [6, 6.07) is 14.8. The third kappa shape index (κ3) is 5.64. The Morgan fingerprint density at radius 1 is 1.09 bits per heavy atom. The lowest BCUT2D eigenvalue weighted by Crippen LogP contribution is -2.57. The maximum atomic E-state index is 13.2. The monoisotopic (exact) mass is 472 g/mol. The Balaban J connectivity index is 1.43. The molecule has 168 valence electrons. The van der Waals surface area contributed by atoms with Crippen molar-refractivity contribution in [3.8, 4) is 0 Å². The van der Waals surface area contributed by atoms with Crippen molar-refractivity contribution in [2.24, 2.45) is 0 Å². The van der Waals surface area contributed by atoms with Gasteiger partial charge in [-0.3, -0.25) is 9.59 Å². The molecule has 0 radical (unpaired) electrons. The molecule has 1 N–H and O–H groups in total. The molecule has 5 nitrogen and oxygen atoms in total. The van der Waals surface area contributed by atoms with Gasteiger partial charge in [-0.05, 0) is 67.2 Å². The number of amides is 2. The largest absolute Gasteiger partial charge is 0.482 e. The standard InChI is InChI=1S/C25H26Cl2N2O3/c26-19-10-8-17(9-11-19)12-13-28-24(30)16-29-21-6-1-2-7-22(21)32-23(25(29)31)15-18-4-3-5-20(27)14-18/h3-5,8-11,14-15,21-22H,1-2,6-7,12-13,16H2,(H,28,30)/b23-15+. The first-order chi connectivity index (χ1) is 15.5. The van der Waals surface area contributed by atoms with Crippen LogP contribution in [0.15, 0.2) is 54.3 Å². The average Bonchev–Trinajstić information content (AvgIpc) is 2.78. The summed E-state index contributed by atoms with van der Waals surface area (Å²) in [4.78, 5) is 27.6. The Morgan fingerprint density at radius 2 is 1.88 bits per heavy atom. The highest BCUT2D eigenvalue weighted by Crippen LogP contribution is 2.33. The molecule has 32 heavy (non-hydrogen) atoms. The molecule has 1 saturated heterocycles. The Kier molecular flexibility index (Phi) is 7.38. The third-order valence-corrected chi connectivity index (χ3v) is 6.41. The van der Waals surface area contributed by atoms with E-state index in [-0.39, 0.29) is 36.3 Å². The van der Waals surface area contributed by atoms with Crippen molar-refractivity contribution in [1.29, 1.82) is 0 Å². The molecule has 2 aromatic carbocycles. The van der Waals surface area contributed by atoms with E-state index in [0.29, 0.717) is 23.0 Å². The average molecular weight is 473 g/mol. The topological polar surface area (TPSA) is 58.6 Å². The highest BCUT2D eigenvalue weighted by Gasteiger charge is 2.42. The van der Waals surface area contributed by atoms with E-state index in [2.05, 4.69) is 5.32 Å². The fourth-order valence-corrected chi connectivity index (χ4v) is 4.64. The molecule has 1 saturated carbocycles. The van der Waals surface area contributed by atoms with E-state index in [9.17, 15) is 9.59 Å². The SMILES string of the molecule is O=C(CN1C(=O)/C(=C\c2cccc(Cl)c2)OC2CCCCC21)NCCc1ccc(Cl)cc1. The molecule has 0 spiro atoms. The maximum Gasteiger partial charge on any atom is 0.289 e. The van der Waals surface area contributed by atoms with E-state index < -0.39 is 0 Å². The zero-order chi connectivity index (χ0) is 22.5. The van der Waals surface area contributed by atoms with Crippen LogP contribution in [0.4, 0.5) is 0 Å². The number of fused-ring (bicyclic) bond motifs is 1. The van der Waals surface area contributed by atoms with Crippen molar-refractivity contribution in [3.05, 3.63) is 75.5 Å². The summed E-state index contributed by atoms with van der Waals surface area (Å²) in [5, 5.41) is 4.22. The van der Waals surface area contributed by atoms with Crippen LogP contribution in [0.3, 0.4) is 0 Å². The number of carbonyl (C=O) groups is 2. The Morgan fingerprint density at radius 3 is 2.66 bits per heavy atom. The normalized spacial score (nSPS) is 21.8. The first-order valence-corrected chi connectivity index (χ1v) is 11.7. The van der Waals surface area contributed by atoms with Crippen molar-refractivity contribution >= 4 is 41.1 Å². The van der Waals surface area contributed by atoms with Crippen LogP contribution < -0.4 is 5.32 Å². The number of nitrogens with zero attached hydrogens (tertiary/aromatic N) is 1. The summed E-state index contributed by atoms with van der Waals surface area (Å²) in [7, 11) is 0. The van der Waals surface area contributed by atoms with Gasteiger partial charge in [0.2, 0.25) is 5.91 Å². The highest BCUT2D eigenvalue weighted by molar-refractivity contribution is 6.30. The number of benzene rings is 2. The second-order valence-electron chi connectivity index (χ2n) is 8.23. The summed E-state index contributed by atoms with van der Waals surface area (Å²) in [6.45, 7) is 0.523. The zero-order valence-corrected chi connectivity index (χ0v) is 19.2. The van der Waals surface area contributed by atoms with Gasteiger partial charge in [-0.2, -0.15) is 0 Å². The number of ether oxygens (including phenoxy) is 1. The van der Waals surface area contributed by atoms with E-state index in [4.69, 9.17) is 27.9 Å². The molecule has 2 aliphatic rings. The first-order valence-electron chi connectivity index (χ1n) is 11.0. The fraction of sp³-hybridized carbons (Fsp3) is 0.360. The van der Waals surface area contributed by atoms with Gasteiger partial charge in [0.05, 0.1) is 6.04 Å². The molecule has 1 aliphatic heterocycles. The highest BCUT2D eigenvalue weighted by atomic mass is 35.5. The predicted molar refractivity (Wildman–Crippen MR) is 126 cm³/mol. The first kappa shape index (κ1) is 22.7. The number of hydrogen-bond acceptors (Lipinski definition) is 3. The molecule has 4 rings (SSSR count). The summed E-state index contributed by atoms with van der Waals surface area (Å²) >= 11 is 12.0. The predicted octanol–water partition coefficient (Wildman–Crippen LogP) is 4.86. The van der Waals surface area contributed by atoms with E-state index in [0.717, 1.165) is 36.8 Å². The van der Waals surface area contributed by atoms with Crippen LogP contribution in [-0.2, 0) is 20.7 Å². The van der Waals surface area contributed by atoms with Gasteiger partial charge in [-0.15, -0.1) is 0 Å². The van der Waals surface area contributed by atoms with E-state index in [1.165, 1.54) is 0 Å². The number of rotatable bonds is 6. The number of morpholine rings is 1. The van der Waals surface area contributed by atoms with Gasteiger partial charge in [0.1, 0.15) is 12.6 Å². The van der Waals surface area contributed by atoms with Crippen molar-refractivity contribution in [3.63, 3.8) is 0 Å². The molecule has 0 aromatic heterocycles. The van der Waals surface area contributed by atoms with E-state index >= 15 is 0 Å². The van der Waals surface area contributed by atoms with Crippen LogP contribution in [0.2, 0.25) is 10.0 Å². The number of nitrogens with one attached hydrogen (secondary N) is 1. The lowest BCUT2D eigenvalue weighted by molar-refractivity contribution is -0.151. The van der Waals surface area contributed by atoms with Crippen molar-refractivity contribution in [1.82, 2.24) is 10.2 Å². The van der Waals surface area contributed by atoms with Crippen LogP contribution in [0.25, 0.3) is 6.08 Å². The Labute approximate surface area is 198 Å². The second kappa shape index (κ2) is 10.4. The Bertz CT molecular complexity index is 1010. The number of hydrogen-bond donors (Lipinski definition) is 1. The summed E-state index contributed by atoms with van der Waals surface area (Å²) in [6.07, 6.45) is 6.13. The molecular weight excluding hydrogens is 447 g/mol. The van der Waals surface area contributed by atoms with Gasteiger partial charge in [-0.1, -0.05) is 53.9 Å². The minimum atomic E-state index is -0.249. The molecule has 1 heterocycles. The molecule has 1 aliphatic carbocycles. The van der Waals surface area contributed by atoms with Crippen LogP contribution in [0.5, 0.6) is 0 Å². The summed E-state index contributed by atoms with van der Waals surface area (Å²) in [5.74, 6) is -0.147. The van der Waals surface area contributed by atoms with Crippen LogP contribution >= 0.6 is 23.2 Å². The molecule has 7 heteroatoms. The smallest absolute Gasteiger partial charge is 0.289 e. The molecule has 2 atom stereocenters. The van der Waals surface area contributed by atoms with Crippen LogP contribution in [-0.4, -0.2) is 41.9 Å². The fourth-order valence-electron chi connectivity index (χ4n) is 4.32. The molecule has 0 bridgehead atoms. The Hall–Kier alpha value is -2.50. The number of halogens is 2. The summed E-state index contributed by atoms with van der Waals surface area (Å²) < 4.78 is 6.09. The van der Waals surface area contributed by atoms with Gasteiger partial charge >= 0.3 is 0 Å².